The Labute approximate surface area is 194 Å². The van der Waals surface area contributed by atoms with E-state index in [0.717, 1.165) is 11.8 Å². The number of thiophene rings is 1. The summed E-state index contributed by atoms with van der Waals surface area (Å²) in [7, 11) is 1.50. The molecule has 14 heteroatoms. The van der Waals surface area contributed by atoms with E-state index in [2.05, 4.69) is 10.2 Å². The van der Waals surface area contributed by atoms with Crippen molar-refractivity contribution in [3.05, 3.63) is 23.3 Å². The summed E-state index contributed by atoms with van der Waals surface area (Å²) in [6.45, 7) is 1.41. The van der Waals surface area contributed by atoms with Crippen molar-refractivity contribution < 1.29 is 29.4 Å². The standard InChI is InChI=1S/C18H19N5O6S3/c1-9(24)23(10-4-3-5-30-10)11-13(25)22-6-18(16(28)29,7-31-14(11)22)8-32-17-20-19-12(15(26)27)21(17)2/h3-5,11,14H,6-8H2,1-2H3,(H,26,27)(H,28,29)/t11?,14-,18?/m1/s1. The van der Waals surface area contributed by atoms with Crippen LogP contribution in [0.3, 0.4) is 0 Å². The van der Waals surface area contributed by atoms with Crippen LogP contribution in [0.5, 0.6) is 0 Å². The van der Waals surface area contributed by atoms with E-state index in [4.69, 9.17) is 5.11 Å². The van der Waals surface area contributed by atoms with Crippen LogP contribution < -0.4 is 4.90 Å². The smallest absolute Gasteiger partial charge is 0.374 e. The molecule has 2 saturated heterocycles. The predicted octanol–water partition coefficient (Wildman–Crippen LogP) is 1.07. The van der Waals surface area contributed by atoms with Crippen LogP contribution in [-0.2, 0) is 21.4 Å². The SMILES string of the molecule is CC(=O)N(c1cccs1)C1C(=O)N2CC(CSc3nnc(C(=O)O)n3C)(C(=O)O)CS[C@H]12. The van der Waals surface area contributed by atoms with Crippen LogP contribution >= 0.6 is 34.9 Å². The van der Waals surface area contributed by atoms with Crippen LogP contribution in [0.25, 0.3) is 0 Å². The Hall–Kier alpha value is -2.58. The Bertz CT molecular complexity index is 1090. The Morgan fingerprint density at radius 1 is 1.34 bits per heavy atom. The lowest BCUT2D eigenvalue weighted by atomic mass is 9.89. The molecular formula is C18H19N5O6S3. The van der Waals surface area contributed by atoms with Gasteiger partial charge in [0.25, 0.3) is 0 Å². The van der Waals surface area contributed by atoms with Gasteiger partial charge >= 0.3 is 11.9 Å². The molecule has 2 N–H and O–H groups in total. The summed E-state index contributed by atoms with van der Waals surface area (Å²) in [6, 6.07) is 2.92. The molecular weight excluding hydrogens is 478 g/mol. The molecule has 4 heterocycles. The van der Waals surface area contributed by atoms with Gasteiger partial charge in [-0.3, -0.25) is 23.9 Å². The molecule has 2 aliphatic rings. The van der Waals surface area contributed by atoms with Crippen LogP contribution in [0.15, 0.2) is 22.7 Å². The lowest BCUT2D eigenvalue weighted by molar-refractivity contribution is -0.156. The van der Waals surface area contributed by atoms with Crippen LogP contribution in [0.4, 0.5) is 5.00 Å². The van der Waals surface area contributed by atoms with Crippen molar-refractivity contribution in [1.29, 1.82) is 0 Å². The van der Waals surface area contributed by atoms with Crippen molar-refractivity contribution in [3.8, 4) is 0 Å². The van der Waals surface area contributed by atoms with Crippen molar-refractivity contribution in [2.75, 3.05) is 23.0 Å². The highest BCUT2D eigenvalue weighted by molar-refractivity contribution is 8.00. The van der Waals surface area contributed by atoms with Gasteiger partial charge in [-0.1, -0.05) is 11.8 Å². The first-order valence-electron chi connectivity index (χ1n) is 9.40. The van der Waals surface area contributed by atoms with E-state index in [1.54, 1.807) is 12.1 Å². The molecule has 0 saturated carbocycles. The van der Waals surface area contributed by atoms with E-state index < -0.39 is 23.4 Å². The monoisotopic (exact) mass is 497 g/mol. The Morgan fingerprint density at radius 2 is 2.09 bits per heavy atom. The average Bonchev–Trinajstić information content (AvgIpc) is 3.39. The number of carboxylic acid groups (broad SMARTS) is 2. The molecule has 0 radical (unpaired) electrons. The summed E-state index contributed by atoms with van der Waals surface area (Å²) in [4.78, 5) is 51.6. The highest BCUT2D eigenvalue weighted by Crippen LogP contribution is 2.46. The summed E-state index contributed by atoms with van der Waals surface area (Å²) in [5, 5.41) is 29.0. The molecule has 2 amide bonds. The number of carboxylic acids is 2. The number of carbonyl (C=O) groups is 4. The van der Waals surface area contributed by atoms with Gasteiger partial charge in [-0.25, -0.2) is 4.79 Å². The molecule has 2 aromatic rings. The molecule has 11 nitrogen and oxygen atoms in total. The largest absolute Gasteiger partial charge is 0.481 e. The first-order chi connectivity index (χ1) is 15.2. The first kappa shape index (κ1) is 22.6. The molecule has 0 aliphatic carbocycles. The van der Waals surface area contributed by atoms with E-state index >= 15 is 0 Å². The molecule has 170 valence electrons. The molecule has 0 bridgehead atoms. The minimum atomic E-state index is -1.24. The Balaban J connectivity index is 1.50. The van der Waals surface area contributed by atoms with Gasteiger partial charge in [-0.15, -0.1) is 33.3 Å². The van der Waals surface area contributed by atoms with Gasteiger partial charge in [-0.2, -0.15) is 0 Å². The zero-order chi connectivity index (χ0) is 23.2. The number of nitrogens with zero attached hydrogens (tertiary/aromatic N) is 5. The fourth-order valence-corrected chi connectivity index (χ4v) is 7.34. The first-order valence-corrected chi connectivity index (χ1v) is 12.3. The van der Waals surface area contributed by atoms with E-state index in [9.17, 15) is 24.3 Å². The van der Waals surface area contributed by atoms with E-state index in [1.807, 2.05) is 5.38 Å². The second-order valence-electron chi connectivity index (χ2n) is 7.50. The predicted molar refractivity (Wildman–Crippen MR) is 118 cm³/mol. The number of aliphatic carboxylic acids is 1. The fraction of sp³-hybridized carbons (Fsp3) is 0.444. The number of fused-ring (bicyclic) bond motifs is 1. The molecule has 0 spiro atoms. The second-order valence-corrected chi connectivity index (χ2v) is 10.5. The Kier molecular flexibility index (Phi) is 5.94. The van der Waals surface area contributed by atoms with Crippen LogP contribution in [-0.4, -0.2) is 83.1 Å². The highest BCUT2D eigenvalue weighted by atomic mass is 32.2. The molecule has 0 aromatic carbocycles. The molecule has 32 heavy (non-hydrogen) atoms. The third-order valence-corrected chi connectivity index (χ3v) is 9.19. The van der Waals surface area contributed by atoms with Crippen LogP contribution in [0, 0.1) is 5.41 Å². The minimum absolute atomic E-state index is 0.00214. The zero-order valence-electron chi connectivity index (χ0n) is 17.0. The van der Waals surface area contributed by atoms with Crippen molar-refractivity contribution >= 4 is 63.6 Å². The van der Waals surface area contributed by atoms with Crippen molar-refractivity contribution in [1.82, 2.24) is 19.7 Å². The number of β-lactam (4-membered cyclic amide) rings is 1. The zero-order valence-corrected chi connectivity index (χ0v) is 19.4. The summed E-state index contributed by atoms with van der Waals surface area (Å²) in [5.74, 6) is -2.72. The number of rotatable bonds is 7. The van der Waals surface area contributed by atoms with Crippen molar-refractivity contribution in [3.63, 3.8) is 0 Å². The van der Waals surface area contributed by atoms with Gasteiger partial charge in [0.15, 0.2) is 5.16 Å². The molecule has 2 aromatic heterocycles. The number of aromatic nitrogens is 3. The van der Waals surface area contributed by atoms with Gasteiger partial charge in [0.1, 0.15) is 16.8 Å². The summed E-state index contributed by atoms with van der Waals surface area (Å²) in [5.41, 5.74) is -1.24. The fourth-order valence-electron chi connectivity index (χ4n) is 3.71. The summed E-state index contributed by atoms with van der Waals surface area (Å²) < 4.78 is 1.29. The van der Waals surface area contributed by atoms with Gasteiger partial charge in [0, 0.05) is 32.0 Å². The quantitative estimate of drug-likeness (QED) is 0.421. The second kappa shape index (κ2) is 8.41. The highest BCUT2D eigenvalue weighted by Gasteiger charge is 2.59. The van der Waals surface area contributed by atoms with Crippen LogP contribution in [0.1, 0.15) is 17.5 Å². The molecule has 2 unspecified atom stereocenters. The molecule has 4 rings (SSSR count). The molecule has 2 fully saturated rings. The summed E-state index contributed by atoms with van der Waals surface area (Å²) in [6.07, 6.45) is 0. The molecule has 3 atom stereocenters. The molecule has 2 aliphatic heterocycles. The normalized spacial score (nSPS) is 24.6. The number of hydrogen-bond donors (Lipinski definition) is 2. The average molecular weight is 498 g/mol. The van der Waals surface area contributed by atoms with Gasteiger partial charge < -0.3 is 15.1 Å². The lowest BCUT2D eigenvalue weighted by Crippen LogP contribution is -2.74. The van der Waals surface area contributed by atoms with Gasteiger partial charge in [0.2, 0.25) is 17.6 Å². The lowest BCUT2D eigenvalue weighted by Gasteiger charge is -2.55. The number of aromatic carboxylic acids is 1. The number of thioether (sulfide) groups is 2. The number of anilines is 1. The van der Waals surface area contributed by atoms with E-state index in [-0.39, 0.29) is 46.2 Å². The maximum Gasteiger partial charge on any atom is 0.374 e. The Morgan fingerprint density at radius 3 is 2.66 bits per heavy atom. The van der Waals surface area contributed by atoms with Gasteiger partial charge in [0.05, 0.1) is 5.00 Å². The third kappa shape index (κ3) is 3.65. The van der Waals surface area contributed by atoms with E-state index in [1.165, 1.54) is 51.4 Å². The number of carbonyl (C=O) groups excluding carboxylic acids is 2. The van der Waals surface area contributed by atoms with Crippen molar-refractivity contribution in [2.24, 2.45) is 12.5 Å². The topological polar surface area (TPSA) is 146 Å². The minimum Gasteiger partial charge on any atom is -0.481 e. The third-order valence-electron chi connectivity index (χ3n) is 5.44. The summed E-state index contributed by atoms with van der Waals surface area (Å²) >= 11 is 3.79. The van der Waals surface area contributed by atoms with Crippen LogP contribution in [0.2, 0.25) is 0 Å². The maximum absolute atomic E-state index is 13.0. The maximum atomic E-state index is 13.0. The number of hydrogen-bond acceptors (Lipinski definition) is 9. The van der Waals surface area contributed by atoms with E-state index in [0.29, 0.717) is 5.00 Å². The van der Waals surface area contributed by atoms with Gasteiger partial charge in [-0.05, 0) is 17.5 Å². The van der Waals surface area contributed by atoms with Crippen molar-refractivity contribution in [2.45, 2.75) is 23.5 Å². The number of amides is 2.